The van der Waals surface area contributed by atoms with Gasteiger partial charge in [0.2, 0.25) is 0 Å². The summed E-state index contributed by atoms with van der Waals surface area (Å²) in [6.07, 6.45) is -0.119. The number of benzene rings is 1. The summed E-state index contributed by atoms with van der Waals surface area (Å²) in [5.74, 6) is -1.84. The standard InChI is InChI=1S/C15H19FN2O3/c1-9-4-5-12(16)8-13(9)17-14(19)15(20)18-6-7-21-11(3)10(18)2/h4-5,8,10-11H,6-7H2,1-3H3,(H,17,19). The molecule has 0 spiro atoms. The molecule has 1 aromatic carbocycles. The highest BCUT2D eigenvalue weighted by Crippen LogP contribution is 2.17. The summed E-state index contributed by atoms with van der Waals surface area (Å²) in [5.41, 5.74) is 1.00. The minimum Gasteiger partial charge on any atom is -0.375 e. The Balaban J connectivity index is 2.09. The molecule has 1 N–H and O–H groups in total. The Morgan fingerprint density at radius 3 is 2.81 bits per heavy atom. The van der Waals surface area contributed by atoms with Crippen LogP contribution in [0, 0.1) is 12.7 Å². The summed E-state index contributed by atoms with van der Waals surface area (Å²) >= 11 is 0. The van der Waals surface area contributed by atoms with Crippen LogP contribution in [-0.4, -0.2) is 42.0 Å². The Morgan fingerprint density at radius 1 is 1.38 bits per heavy atom. The number of amides is 2. The van der Waals surface area contributed by atoms with Crippen LogP contribution in [0.25, 0.3) is 0 Å². The van der Waals surface area contributed by atoms with Crippen molar-refractivity contribution in [2.75, 3.05) is 18.5 Å². The predicted molar refractivity (Wildman–Crippen MR) is 76.4 cm³/mol. The number of carbonyl (C=O) groups excluding carboxylic acids is 2. The summed E-state index contributed by atoms with van der Waals surface area (Å²) in [4.78, 5) is 25.8. The van der Waals surface area contributed by atoms with E-state index >= 15 is 0 Å². The molecule has 1 saturated heterocycles. The van der Waals surface area contributed by atoms with Crippen molar-refractivity contribution in [2.24, 2.45) is 0 Å². The Hall–Kier alpha value is -1.95. The van der Waals surface area contributed by atoms with Gasteiger partial charge in [0, 0.05) is 12.2 Å². The number of hydrogen-bond donors (Lipinski definition) is 1. The quantitative estimate of drug-likeness (QED) is 0.802. The van der Waals surface area contributed by atoms with Crippen molar-refractivity contribution >= 4 is 17.5 Å². The van der Waals surface area contributed by atoms with E-state index in [1.165, 1.54) is 17.0 Å². The van der Waals surface area contributed by atoms with E-state index in [1.54, 1.807) is 13.0 Å². The van der Waals surface area contributed by atoms with Crippen LogP contribution in [0.2, 0.25) is 0 Å². The first-order valence-corrected chi connectivity index (χ1v) is 6.90. The van der Waals surface area contributed by atoms with Crippen molar-refractivity contribution in [2.45, 2.75) is 32.9 Å². The lowest BCUT2D eigenvalue weighted by Crippen LogP contribution is -2.54. The third kappa shape index (κ3) is 3.39. The van der Waals surface area contributed by atoms with Crippen LogP contribution < -0.4 is 5.32 Å². The molecule has 5 nitrogen and oxygen atoms in total. The number of ether oxygens (including phenoxy) is 1. The van der Waals surface area contributed by atoms with E-state index in [1.807, 2.05) is 13.8 Å². The molecule has 2 atom stereocenters. The molecule has 1 aliphatic rings. The number of nitrogens with zero attached hydrogens (tertiary/aromatic N) is 1. The second-order valence-corrected chi connectivity index (χ2v) is 5.23. The predicted octanol–water partition coefficient (Wildman–Crippen LogP) is 1.71. The first-order chi connectivity index (χ1) is 9.90. The van der Waals surface area contributed by atoms with Crippen LogP contribution in [-0.2, 0) is 14.3 Å². The van der Waals surface area contributed by atoms with E-state index < -0.39 is 17.6 Å². The smallest absolute Gasteiger partial charge is 0.313 e. The number of aryl methyl sites for hydroxylation is 1. The van der Waals surface area contributed by atoms with Crippen LogP contribution in [0.1, 0.15) is 19.4 Å². The van der Waals surface area contributed by atoms with Gasteiger partial charge in [0.15, 0.2) is 0 Å². The minimum atomic E-state index is -0.760. The Labute approximate surface area is 123 Å². The highest BCUT2D eigenvalue weighted by atomic mass is 19.1. The van der Waals surface area contributed by atoms with Gasteiger partial charge < -0.3 is 15.0 Å². The summed E-state index contributed by atoms with van der Waals surface area (Å²) in [6.45, 7) is 6.21. The monoisotopic (exact) mass is 294 g/mol. The fraction of sp³-hybridized carbons (Fsp3) is 0.467. The summed E-state index contributed by atoms with van der Waals surface area (Å²) in [7, 11) is 0. The van der Waals surface area contributed by atoms with Crippen LogP contribution >= 0.6 is 0 Å². The molecule has 6 heteroatoms. The van der Waals surface area contributed by atoms with Gasteiger partial charge in [-0.1, -0.05) is 6.07 Å². The second kappa shape index (κ2) is 6.22. The van der Waals surface area contributed by atoms with Crippen molar-refractivity contribution in [3.05, 3.63) is 29.6 Å². The number of nitrogens with one attached hydrogen (secondary N) is 1. The normalized spacial score (nSPS) is 22.0. The van der Waals surface area contributed by atoms with E-state index in [0.717, 1.165) is 0 Å². The van der Waals surface area contributed by atoms with E-state index in [-0.39, 0.29) is 12.1 Å². The Kier molecular flexibility index (Phi) is 4.57. The molecule has 0 aromatic heterocycles. The molecule has 21 heavy (non-hydrogen) atoms. The van der Waals surface area contributed by atoms with Crippen LogP contribution in [0.15, 0.2) is 18.2 Å². The molecule has 2 unspecified atom stereocenters. The molecule has 0 saturated carbocycles. The van der Waals surface area contributed by atoms with Crippen molar-refractivity contribution in [1.29, 1.82) is 0 Å². The van der Waals surface area contributed by atoms with E-state index in [2.05, 4.69) is 5.32 Å². The van der Waals surface area contributed by atoms with Crippen molar-refractivity contribution in [3.8, 4) is 0 Å². The summed E-state index contributed by atoms with van der Waals surface area (Å²) in [6, 6.07) is 3.88. The maximum absolute atomic E-state index is 13.2. The second-order valence-electron chi connectivity index (χ2n) is 5.23. The molecule has 2 rings (SSSR count). The first kappa shape index (κ1) is 15.4. The molecule has 0 radical (unpaired) electrons. The number of hydrogen-bond acceptors (Lipinski definition) is 3. The Morgan fingerprint density at radius 2 is 2.10 bits per heavy atom. The van der Waals surface area contributed by atoms with Crippen LogP contribution in [0.4, 0.5) is 10.1 Å². The highest BCUT2D eigenvalue weighted by molar-refractivity contribution is 6.39. The highest BCUT2D eigenvalue weighted by Gasteiger charge is 2.32. The van der Waals surface area contributed by atoms with Gasteiger partial charge in [-0.25, -0.2) is 4.39 Å². The molecule has 114 valence electrons. The van der Waals surface area contributed by atoms with Crippen LogP contribution in [0.5, 0.6) is 0 Å². The largest absolute Gasteiger partial charge is 0.375 e. The number of halogens is 1. The molecule has 2 amide bonds. The molecule has 1 heterocycles. The van der Waals surface area contributed by atoms with Crippen LogP contribution in [0.3, 0.4) is 0 Å². The van der Waals surface area contributed by atoms with Gasteiger partial charge in [0.1, 0.15) is 5.82 Å². The number of morpholine rings is 1. The lowest BCUT2D eigenvalue weighted by Gasteiger charge is -2.37. The summed E-state index contributed by atoms with van der Waals surface area (Å²) in [5, 5.41) is 2.47. The molecular formula is C15H19FN2O3. The van der Waals surface area contributed by atoms with E-state index in [9.17, 15) is 14.0 Å². The average Bonchev–Trinajstić information content (AvgIpc) is 2.45. The number of anilines is 1. The fourth-order valence-electron chi connectivity index (χ4n) is 2.25. The van der Waals surface area contributed by atoms with Gasteiger partial charge >= 0.3 is 11.8 Å². The maximum atomic E-state index is 13.2. The van der Waals surface area contributed by atoms with Gasteiger partial charge in [-0.3, -0.25) is 9.59 Å². The molecule has 1 aliphatic heterocycles. The third-order valence-corrected chi connectivity index (χ3v) is 3.79. The molecular weight excluding hydrogens is 275 g/mol. The SMILES string of the molecule is Cc1ccc(F)cc1NC(=O)C(=O)N1CCOC(C)C1C. The fourth-order valence-corrected chi connectivity index (χ4v) is 2.25. The summed E-state index contributed by atoms with van der Waals surface area (Å²) < 4.78 is 18.6. The third-order valence-electron chi connectivity index (χ3n) is 3.79. The zero-order valence-electron chi connectivity index (χ0n) is 12.4. The zero-order chi connectivity index (χ0) is 15.6. The van der Waals surface area contributed by atoms with E-state index in [4.69, 9.17) is 4.74 Å². The zero-order valence-corrected chi connectivity index (χ0v) is 12.4. The lowest BCUT2D eigenvalue weighted by molar-refractivity contribution is -0.152. The van der Waals surface area contributed by atoms with Gasteiger partial charge in [0.25, 0.3) is 0 Å². The van der Waals surface area contributed by atoms with Crippen molar-refractivity contribution < 1.29 is 18.7 Å². The van der Waals surface area contributed by atoms with Gasteiger partial charge in [-0.2, -0.15) is 0 Å². The maximum Gasteiger partial charge on any atom is 0.313 e. The van der Waals surface area contributed by atoms with Gasteiger partial charge in [-0.15, -0.1) is 0 Å². The van der Waals surface area contributed by atoms with E-state index in [0.29, 0.717) is 24.4 Å². The average molecular weight is 294 g/mol. The number of rotatable bonds is 1. The van der Waals surface area contributed by atoms with Crippen molar-refractivity contribution in [3.63, 3.8) is 0 Å². The molecule has 1 fully saturated rings. The lowest BCUT2D eigenvalue weighted by atomic mass is 10.1. The Bertz CT molecular complexity index is 562. The molecule has 0 bridgehead atoms. The van der Waals surface area contributed by atoms with Gasteiger partial charge in [-0.05, 0) is 38.5 Å². The molecule has 1 aromatic rings. The number of carbonyl (C=O) groups is 2. The molecule has 0 aliphatic carbocycles. The minimum absolute atomic E-state index is 0.119. The first-order valence-electron chi connectivity index (χ1n) is 6.90. The van der Waals surface area contributed by atoms with Crippen molar-refractivity contribution in [1.82, 2.24) is 4.90 Å². The van der Waals surface area contributed by atoms with Gasteiger partial charge in [0.05, 0.1) is 18.8 Å². The topological polar surface area (TPSA) is 58.6 Å².